The molecule has 0 spiro atoms. The monoisotopic (exact) mass is 427 g/mol. The largest absolute Gasteiger partial charge is 0.505 e. The lowest BCUT2D eigenvalue weighted by molar-refractivity contribution is 0.101. The molecule has 0 aliphatic heterocycles. The van der Waals surface area contributed by atoms with Crippen LogP contribution in [0.3, 0.4) is 0 Å². The fourth-order valence-electron chi connectivity index (χ4n) is 2.67. The molecular weight excluding hydrogens is 410 g/mol. The summed E-state index contributed by atoms with van der Waals surface area (Å²) in [5, 5.41) is 16.9. The molecule has 0 atom stereocenters. The fraction of sp³-hybridized carbons (Fsp3) is 0.150. The van der Waals surface area contributed by atoms with Gasteiger partial charge in [-0.2, -0.15) is 9.78 Å². The maximum atomic E-state index is 12.7. The minimum absolute atomic E-state index is 0.208. The van der Waals surface area contributed by atoms with Crippen LogP contribution in [0.4, 0.5) is 5.69 Å². The third kappa shape index (κ3) is 4.09. The first-order valence-electron chi connectivity index (χ1n) is 8.36. The number of nitrogens with one attached hydrogen (secondary N) is 1. The standard InChI is InChI=1S/C20H18BrN3O3/c1-12(2)15-5-3-4-6-16(15)22-20(27)19-17(25)11-18(26)24(23-19)14-9-7-13(21)8-10-14/h3-12,25H,1-2H3,(H,22,27). The number of carbonyl (C=O) groups is 1. The molecule has 27 heavy (non-hydrogen) atoms. The fourth-order valence-corrected chi connectivity index (χ4v) is 2.94. The molecule has 2 aromatic carbocycles. The average Bonchev–Trinajstić information content (AvgIpc) is 2.63. The van der Waals surface area contributed by atoms with E-state index in [4.69, 9.17) is 0 Å². The molecule has 0 radical (unpaired) electrons. The molecule has 1 aromatic heterocycles. The summed E-state index contributed by atoms with van der Waals surface area (Å²) in [6.45, 7) is 4.04. The van der Waals surface area contributed by atoms with Crippen molar-refractivity contribution in [2.75, 3.05) is 5.32 Å². The molecule has 1 amide bonds. The van der Waals surface area contributed by atoms with Gasteiger partial charge in [-0.05, 0) is 41.8 Å². The first kappa shape index (κ1) is 18.8. The van der Waals surface area contributed by atoms with Crippen LogP contribution in [-0.2, 0) is 0 Å². The van der Waals surface area contributed by atoms with E-state index in [-0.39, 0.29) is 11.6 Å². The summed E-state index contributed by atoms with van der Waals surface area (Å²) in [5.74, 6) is -0.848. The Morgan fingerprint density at radius 1 is 1.15 bits per heavy atom. The van der Waals surface area contributed by atoms with Gasteiger partial charge < -0.3 is 10.4 Å². The molecule has 0 unspecified atom stereocenters. The second-order valence-electron chi connectivity index (χ2n) is 6.30. The number of para-hydroxylation sites is 1. The Morgan fingerprint density at radius 2 is 1.81 bits per heavy atom. The maximum absolute atomic E-state index is 12.7. The molecule has 0 bridgehead atoms. The van der Waals surface area contributed by atoms with Crippen molar-refractivity contribution in [2.24, 2.45) is 0 Å². The third-order valence-electron chi connectivity index (χ3n) is 4.03. The lowest BCUT2D eigenvalue weighted by Gasteiger charge is -2.14. The second-order valence-corrected chi connectivity index (χ2v) is 7.22. The van der Waals surface area contributed by atoms with E-state index in [9.17, 15) is 14.7 Å². The van der Waals surface area contributed by atoms with E-state index in [1.54, 1.807) is 30.3 Å². The van der Waals surface area contributed by atoms with Crippen LogP contribution in [0, 0.1) is 0 Å². The molecule has 0 fully saturated rings. The van der Waals surface area contributed by atoms with Crippen LogP contribution in [0.25, 0.3) is 5.69 Å². The van der Waals surface area contributed by atoms with E-state index in [0.29, 0.717) is 11.4 Å². The van der Waals surface area contributed by atoms with Gasteiger partial charge in [0.15, 0.2) is 11.4 Å². The molecule has 7 heteroatoms. The zero-order chi connectivity index (χ0) is 19.6. The van der Waals surface area contributed by atoms with Gasteiger partial charge in [-0.15, -0.1) is 0 Å². The number of aromatic nitrogens is 2. The summed E-state index contributed by atoms with van der Waals surface area (Å²) in [6, 6.07) is 15.3. The summed E-state index contributed by atoms with van der Waals surface area (Å²) in [7, 11) is 0. The highest BCUT2D eigenvalue weighted by atomic mass is 79.9. The van der Waals surface area contributed by atoms with Crippen LogP contribution in [0.1, 0.15) is 35.8 Å². The first-order chi connectivity index (χ1) is 12.9. The Bertz CT molecular complexity index is 1040. The topological polar surface area (TPSA) is 84.2 Å². The normalized spacial score (nSPS) is 10.8. The van der Waals surface area contributed by atoms with E-state index >= 15 is 0 Å². The minimum atomic E-state index is -0.591. The zero-order valence-corrected chi connectivity index (χ0v) is 16.4. The molecule has 3 rings (SSSR count). The van der Waals surface area contributed by atoms with Gasteiger partial charge in [0.05, 0.1) is 5.69 Å². The van der Waals surface area contributed by atoms with Gasteiger partial charge in [-0.25, -0.2) is 0 Å². The summed E-state index contributed by atoms with van der Waals surface area (Å²) in [6.07, 6.45) is 0. The number of halogens is 1. The van der Waals surface area contributed by atoms with E-state index in [2.05, 4.69) is 26.3 Å². The summed E-state index contributed by atoms with van der Waals surface area (Å²) in [4.78, 5) is 24.9. The molecule has 0 saturated carbocycles. The minimum Gasteiger partial charge on any atom is -0.505 e. The number of hydrogen-bond donors (Lipinski definition) is 2. The van der Waals surface area contributed by atoms with Crippen LogP contribution in [0.2, 0.25) is 0 Å². The third-order valence-corrected chi connectivity index (χ3v) is 4.56. The SMILES string of the molecule is CC(C)c1ccccc1NC(=O)c1nn(-c2ccc(Br)cc2)c(=O)cc1O. The Balaban J connectivity index is 1.99. The van der Waals surface area contributed by atoms with Crippen molar-refractivity contribution < 1.29 is 9.90 Å². The Hall–Kier alpha value is -2.93. The van der Waals surface area contributed by atoms with E-state index in [1.807, 2.05) is 32.0 Å². The van der Waals surface area contributed by atoms with Crippen molar-refractivity contribution in [3.8, 4) is 11.4 Å². The van der Waals surface area contributed by atoms with Crippen molar-refractivity contribution in [2.45, 2.75) is 19.8 Å². The van der Waals surface area contributed by atoms with Crippen LogP contribution in [0.5, 0.6) is 5.75 Å². The highest BCUT2D eigenvalue weighted by molar-refractivity contribution is 9.10. The maximum Gasteiger partial charge on any atom is 0.279 e. The van der Waals surface area contributed by atoms with E-state index < -0.39 is 17.2 Å². The number of hydrogen-bond acceptors (Lipinski definition) is 4. The van der Waals surface area contributed by atoms with Crippen molar-refractivity contribution in [3.05, 3.63) is 80.7 Å². The highest BCUT2D eigenvalue weighted by Gasteiger charge is 2.18. The van der Waals surface area contributed by atoms with Crippen LogP contribution in [-0.4, -0.2) is 20.8 Å². The predicted molar refractivity (Wildman–Crippen MR) is 108 cm³/mol. The first-order valence-corrected chi connectivity index (χ1v) is 9.15. The molecular formula is C20H18BrN3O3. The van der Waals surface area contributed by atoms with Gasteiger partial charge in [0.2, 0.25) is 0 Å². The molecule has 6 nitrogen and oxygen atoms in total. The van der Waals surface area contributed by atoms with Crippen molar-refractivity contribution in [1.82, 2.24) is 9.78 Å². The molecule has 3 aromatic rings. The Morgan fingerprint density at radius 3 is 2.48 bits per heavy atom. The van der Waals surface area contributed by atoms with Gasteiger partial charge in [-0.1, -0.05) is 48.0 Å². The number of amides is 1. The highest BCUT2D eigenvalue weighted by Crippen LogP contribution is 2.25. The van der Waals surface area contributed by atoms with Crippen LogP contribution in [0.15, 0.2) is 63.9 Å². The molecule has 0 saturated heterocycles. The van der Waals surface area contributed by atoms with Crippen LogP contribution < -0.4 is 10.9 Å². The number of benzene rings is 2. The molecule has 2 N–H and O–H groups in total. The van der Waals surface area contributed by atoms with Gasteiger partial charge in [0.1, 0.15) is 0 Å². The Labute approximate surface area is 164 Å². The molecule has 0 aliphatic rings. The van der Waals surface area contributed by atoms with Crippen molar-refractivity contribution in [1.29, 1.82) is 0 Å². The number of anilines is 1. The number of carbonyl (C=O) groups excluding carboxylic acids is 1. The van der Waals surface area contributed by atoms with Gasteiger partial charge in [-0.3, -0.25) is 9.59 Å². The Kier molecular flexibility index (Phi) is 5.41. The average molecular weight is 428 g/mol. The van der Waals surface area contributed by atoms with Crippen molar-refractivity contribution in [3.63, 3.8) is 0 Å². The second kappa shape index (κ2) is 7.75. The molecule has 0 aliphatic carbocycles. The lowest BCUT2D eigenvalue weighted by atomic mass is 10.0. The van der Waals surface area contributed by atoms with Gasteiger partial charge in [0, 0.05) is 16.2 Å². The lowest BCUT2D eigenvalue weighted by Crippen LogP contribution is -2.25. The number of rotatable bonds is 4. The summed E-state index contributed by atoms with van der Waals surface area (Å²) < 4.78 is 1.93. The number of nitrogens with zero attached hydrogens (tertiary/aromatic N) is 2. The number of aromatic hydroxyl groups is 1. The summed E-state index contributed by atoms with van der Waals surface area (Å²) >= 11 is 3.33. The van der Waals surface area contributed by atoms with Gasteiger partial charge in [0.25, 0.3) is 11.5 Å². The van der Waals surface area contributed by atoms with Crippen molar-refractivity contribution >= 4 is 27.5 Å². The molecule has 1 heterocycles. The predicted octanol–water partition coefficient (Wildman–Crippen LogP) is 4.08. The van der Waals surface area contributed by atoms with Crippen LogP contribution >= 0.6 is 15.9 Å². The van der Waals surface area contributed by atoms with E-state index in [0.717, 1.165) is 20.8 Å². The molecule has 138 valence electrons. The summed E-state index contributed by atoms with van der Waals surface area (Å²) in [5.41, 5.74) is 1.33. The quantitative estimate of drug-likeness (QED) is 0.656. The smallest absolute Gasteiger partial charge is 0.279 e. The zero-order valence-electron chi connectivity index (χ0n) is 14.8. The van der Waals surface area contributed by atoms with E-state index in [1.165, 1.54) is 0 Å². The van der Waals surface area contributed by atoms with Gasteiger partial charge >= 0.3 is 0 Å².